The van der Waals surface area contributed by atoms with Crippen LogP contribution in [0.2, 0.25) is 0 Å². The molecule has 0 N–H and O–H groups in total. The second kappa shape index (κ2) is 9.67. The first-order valence-corrected chi connectivity index (χ1v) is 11.1. The first kappa shape index (κ1) is 24.3. The molecule has 176 valence electrons. The van der Waals surface area contributed by atoms with Crippen LogP contribution in [0.1, 0.15) is 64.4 Å². The molecular weight excluding hydrogens is 427 g/mol. The standard InChI is InChI=1S/C25H29F5O2/c1-5-7-16-8-10-18(11-9-16)25(29,30)32-19-13-17-12-15(4)23(20(26)14(3)6-2)31-24(17)22(28)21(19)27/h13,16,18H,3-12H2,1-2H3/b23-20-. The first-order chi connectivity index (χ1) is 15.1. The van der Waals surface area contributed by atoms with E-state index in [-0.39, 0.29) is 48.2 Å². The molecule has 1 saturated carbocycles. The third-order valence-corrected chi connectivity index (χ3v) is 6.34. The van der Waals surface area contributed by atoms with E-state index in [9.17, 15) is 22.0 Å². The molecule has 0 unspecified atom stereocenters. The van der Waals surface area contributed by atoms with Crippen molar-refractivity contribution in [3.63, 3.8) is 0 Å². The Hall–Kier alpha value is -2.31. The number of benzene rings is 1. The van der Waals surface area contributed by atoms with Crippen LogP contribution in [0, 0.1) is 23.5 Å². The maximum absolute atomic E-state index is 14.8. The molecule has 1 aromatic carbocycles. The SMILES string of the molecule is C=C(CC)/C(F)=C1/Oc2c(cc(OC(F)(F)C3CCC(CCC)CC3)c(F)c2F)CC1=C. The molecule has 0 atom stereocenters. The fourth-order valence-corrected chi connectivity index (χ4v) is 4.38. The Labute approximate surface area is 185 Å². The van der Waals surface area contributed by atoms with Gasteiger partial charge in [0.25, 0.3) is 0 Å². The Morgan fingerprint density at radius 3 is 2.41 bits per heavy atom. The van der Waals surface area contributed by atoms with E-state index >= 15 is 0 Å². The molecule has 32 heavy (non-hydrogen) atoms. The number of alkyl halides is 2. The van der Waals surface area contributed by atoms with Crippen molar-refractivity contribution in [2.24, 2.45) is 11.8 Å². The van der Waals surface area contributed by atoms with Gasteiger partial charge < -0.3 is 9.47 Å². The van der Waals surface area contributed by atoms with Gasteiger partial charge in [0.05, 0.1) is 5.92 Å². The highest BCUT2D eigenvalue weighted by molar-refractivity contribution is 5.52. The number of rotatable bonds is 7. The van der Waals surface area contributed by atoms with Crippen molar-refractivity contribution < 1.29 is 31.4 Å². The average molecular weight is 456 g/mol. The van der Waals surface area contributed by atoms with Crippen molar-refractivity contribution in [3.05, 3.63) is 59.2 Å². The molecule has 1 aromatic rings. The van der Waals surface area contributed by atoms with Crippen molar-refractivity contribution in [2.45, 2.75) is 71.3 Å². The van der Waals surface area contributed by atoms with Gasteiger partial charge in [-0.1, -0.05) is 39.8 Å². The Balaban J connectivity index is 1.84. The summed E-state index contributed by atoms with van der Waals surface area (Å²) >= 11 is 0. The molecule has 0 amide bonds. The Kier molecular flexibility index (Phi) is 7.36. The molecular formula is C25H29F5O2. The molecule has 3 rings (SSSR count). The normalized spacial score (nSPS) is 22.8. The second-order valence-corrected chi connectivity index (χ2v) is 8.64. The van der Waals surface area contributed by atoms with Gasteiger partial charge in [-0.15, -0.1) is 0 Å². The fourth-order valence-electron chi connectivity index (χ4n) is 4.38. The topological polar surface area (TPSA) is 18.5 Å². The van der Waals surface area contributed by atoms with Crippen molar-refractivity contribution in [1.82, 2.24) is 0 Å². The minimum atomic E-state index is -3.64. The van der Waals surface area contributed by atoms with Crippen LogP contribution in [0.15, 0.2) is 42.0 Å². The summed E-state index contributed by atoms with van der Waals surface area (Å²) in [5.41, 5.74) is 0.353. The zero-order valence-electron chi connectivity index (χ0n) is 18.5. The lowest BCUT2D eigenvalue weighted by Gasteiger charge is -2.33. The van der Waals surface area contributed by atoms with Crippen LogP contribution in [0.5, 0.6) is 11.5 Å². The van der Waals surface area contributed by atoms with Gasteiger partial charge in [0.2, 0.25) is 11.6 Å². The minimum Gasteiger partial charge on any atom is -0.450 e. The van der Waals surface area contributed by atoms with Gasteiger partial charge in [0.1, 0.15) is 0 Å². The molecule has 1 aliphatic carbocycles. The Morgan fingerprint density at radius 1 is 1.16 bits per heavy atom. The van der Waals surface area contributed by atoms with Crippen LogP contribution in [-0.2, 0) is 6.42 Å². The van der Waals surface area contributed by atoms with Crippen molar-refractivity contribution in [3.8, 4) is 11.5 Å². The van der Waals surface area contributed by atoms with Crippen molar-refractivity contribution >= 4 is 0 Å². The lowest BCUT2D eigenvalue weighted by molar-refractivity contribution is -0.224. The predicted molar refractivity (Wildman–Crippen MR) is 113 cm³/mol. The van der Waals surface area contributed by atoms with Crippen molar-refractivity contribution in [2.75, 3.05) is 0 Å². The number of fused-ring (bicyclic) bond motifs is 1. The molecule has 7 heteroatoms. The van der Waals surface area contributed by atoms with Gasteiger partial charge in [0, 0.05) is 12.0 Å². The molecule has 0 aromatic heterocycles. The fraction of sp³-hybridized carbons (Fsp3) is 0.520. The van der Waals surface area contributed by atoms with Crippen LogP contribution in [-0.4, -0.2) is 6.11 Å². The van der Waals surface area contributed by atoms with Crippen molar-refractivity contribution in [1.29, 1.82) is 0 Å². The summed E-state index contributed by atoms with van der Waals surface area (Å²) in [6, 6.07) is 0.985. The van der Waals surface area contributed by atoms with Gasteiger partial charge in [-0.05, 0) is 55.2 Å². The minimum absolute atomic E-state index is 0.0602. The zero-order valence-corrected chi connectivity index (χ0v) is 18.5. The van der Waals surface area contributed by atoms with Gasteiger partial charge in [-0.2, -0.15) is 17.6 Å². The van der Waals surface area contributed by atoms with Crippen LogP contribution in [0.4, 0.5) is 22.0 Å². The highest BCUT2D eigenvalue weighted by atomic mass is 19.3. The molecule has 1 heterocycles. The van der Waals surface area contributed by atoms with E-state index in [1.807, 2.05) is 0 Å². The first-order valence-electron chi connectivity index (χ1n) is 11.1. The number of halogens is 5. The maximum atomic E-state index is 14.8. The van der Waals surface area contributed by atoms with Crippen LogP contribution in [0.3, 0.4) is 0 Å². The Morgan fingerprint density at radius 2 is 1.81 bits per heavy atom. The summed E-state index contributed by atoms with van der Waals surface area (Å²) in [5.74, 6) is -6.31. The zero-order chi connectivity index (χ0) is 23.6. The summed E-state index contributed by atoms with van der Waals surface area (Å²) in [7, 11) is 0. The van der Waals surface area contributed by atoms with Gasteiger partial charge in [0.15, 0.2) is 23.1 Å². The lowest BCUT2D eigenvalue weighted by Crippen LogP contribution is -2.37. The highest BCUT2D eigenvalue weighted by Crippen LogP contribution is 2.45. The highest BCUT2D eigenvalue weighted by Gasteiger charge is 2.45. The summed E-state index contributed by atoms with van der Waals surface area (Å²) < 4.78 is 83.5. The Bertz CT molecular complexity index is 927. The van der Waals surface area contributed by atoms with Gasteiger partial charge in [-0.25, -0.2) is 4.39 Å². The molecule has 0 bridgehead atoms. The van der Waals surface area contributed by atoms with E-state index in [1.165, 1.54) is 0 Å². The molecule has 1 aliphatic heterocycles. The van der Waals surface area contributed by atoms with Crippen LogP contribution in [0.25, 0.3) is 0 Å². The summed E-state index contributed by atoms with van der Waals surface area (Å²) in [6.45, 7) is 11.0. The number of hydrogen-bond acceptors (Lipinski definition) is 2. The molecule has 2 nitrogen and oxygen atoms in total. The van der Waals surface area contributed by atoms with E-state index in [2.05, 4.69) is 20.1 Å². The molecule has 1 fully saturated rings. The van der Waals surface area contributed by atoms with Gasteiger partial charge >= 0.3 is 6.11 Å². The summed E-state index contributed by atoms with van der Waals surface area (Å²) in [5, 5.41) is 0. The summed E-state index contributed by atoms with van der Waals surface area (Å²) in [4.78, 5) is 0. The largest absolute Gasteiger partial charge is 0.450 e. The van der Waals surface area contributed by atoms with Crippen LogP contribution >= 0.6 is 0 Å². The van der Waals surface area contributed by atoms with E-state index in [0.29, 0.717) is 18.8 Å². The summed E-state index contributed by atoms with van der Waals surface area (Å²) in [6.07, 6.45) is 0.406. The predicted octanol–water partition coefficient (Wildman–Crippen LogP) is 8.18. The molecule has 2 aliphatic rings. The molecule has 0 spiro atoms. The number of hydrogen-bond donors (Lipinski definition) is 0. The number of ether oxygens (including phenoxy) is 2. The van der Waals surface area contributed by atoms with E-state index < -0.39 is 41.0 Å². The second-order valence-electron chi connectivity index (χ2n) is 8.64. The number of allylic oxidation sites excluding steroid dienone is 3. The monoisotopic (exact) mass is 456 g/mol. The third kappa shape index (κ3) is 4.86. The van der Waals surface area contributed by atoms with E-state index in [4.69, 9.17) is 9.47 Å². The third-order valence-electron chi connectivity index (χ3n) is 6.34. The average Bonchev–Trinajstić information content (AvgIpc) is 2.76. The van der Waals surface area contributed by atoms with E-state index in [1.54, 1.807) is 6.92 Å². The van der Waals surface area contributed by atoms with E-state index in [0.717, 1.165) is 18.9 Å². The van der Waals surface area contributed by atoms with Crippen LogP contribution < -0.4 is 9.47 Å². The van der Waals surface area contributed by atoms with Gasteiger partial charge in [-0.3, -0.25) is 0 Å². The maximum Gasteiger partial charge on any atom is 0.400 e. The lowest BCUT2D eigenvalue weighted by atomic mass is 9.79. The molecule has 0 radical (unpaired) electrons. The smallest absolute Gasteiger partial charge is 0.400 e. The molecule has 0 saturated heterocycles. The quantitative estimate of drug-likeness (QED) is 0.385.